The van der Waals surface area contributed by atoms with Gasteiger partial charge in [0.25, 0.3) is 0 Å². The zero-order valence-electron chi connectivity index (χ0n) is 12.9. The number of hydrogen-bond donors (Lipinski definition) is 0. The van der Waals surface area contributed by atoms with E-state index in [0.29, 0.717) is 0 Å². The minimum absolute atomic E-state index is 0.808. The summed E-state index contributed by atoms with van der Waals surface area (Å²) in [6, 6.07) is 8.26. The molecule has 0 unspecified atom stereocenters. The van der Waals surface area contributed by atoms with Crippen LogP contribution in [-0.4, -0.2) is 21.6 Å². The summed E-state index contributed by atoms with van der Waals surface area (Å²) >= 11 is 1.69. The van der Waals surface area contributed by atoms with Crippen molar-refractivity contribution in [1.82, 2.24) is 14.5 Å². The summed E-state index contributed by atoms with van der Waals surface area (Å²) in [6.07, 6.45) is 9.59. The minimum Gasteiger partial charge on any atom is -0.496 e. The third-order valence-corrected chi connectivity index (χ3v) is 4.86. The summed E-state index contributed by atoms with van der Waals surface area (Å²) in [5.41, 5.74) is 3.21. The van der Waals surface area contributed by atoms with E-state index in [1.807, 2.05) is 18.2 Å². The topological polar surface area (TPSA) is 39.9 Å². The Hall–Kier alpha value is -2.66. The van der Waals surface area contributed by atoms with Gasteiger partial charge in [0.1, 0.15) is 10.8 Å². The van der Waals surface area contributed by atoms with Gasteiger partial charge < -0.3 is 9.30 Å². The van der Waals surface area contributed by atoms with Crippen molar-refractivity contribution in [1.29, 1.82) is 0 Å². The van der Waals surface area contributed by atoms with E-state index in [2.05, 4.69) is 41.0 Å². The first-order chi connectivity index (χ1) is 11.3. The number of hydrogen-bond acceptors (Lipinski definition) is 4. The molecule has 3 heterocycles. The van der Waals surface area contributed by atoms with Crippen molar-refractivity contribution in [3.05, 3.63) is 53.4 Å². The van der Waals surface area contributed by atoms with Crippen LogP contribution >= 0.6 is 11.3 Å². The average molecular weight is 321 g/mol. The number of pyridine rings is 1. The molecular weight excluding hydrogens is 306 g/mol. The molecule has 1 aromatic carbocycles. The van der Waals surface area contributed by atoms with Crippen molar-refractivity contribution in [3.8, 4) is 5.75 Å². The fraction of sp³-hybridized carbons (Fsp3) is 0.111. The monoisotopic (exact) mass is 321 g/mol. The Labute approximate surface area is 137 Å². The number of fused-ring (bicyclic) bond motifs is 3. The Kier molecular flexibility index (Phi) is 3.35. The Bertz CT molecular complexity index is 1030. The molecule has 0 saturated heterocycles. The largest absolute Gasteiger partial charge is 0.496 e. The molecule has 0 saturated carbocycles. The zero-order chi connectivity index (χ0) is 15.8. The summed E-state index contributed by atoms with van der Waals surface area (Å²) in [5, 5.41) is 2.17. The van der Waals surface area contributed by atoms with Gasteiger partial charge in [-0.15, -0.1) is 11.3 Å². The molecule has 0 fully saturated rings. The second kappa shape index (κ2) is 5.52. The Balaban J connectivity index is 1.77. The van der Waals surface area contributed by atoms with Crippen LogP contribution < -0.4 is 4.74 Å². The maximum atomic E-state index is 5.34. The number of nitrogens with zero attached hydrogens (tertiary/aromatic N) is 3. The summed E-state index contributed by atoms with van der Waals surface area (Å²) < 4.78 is 8.65. The Morgan fingerprint density at radius 1 is 1.17 bits per heavy atom. The van der Waals surface area contributed by atoms with Crippen molar-refractivity contribution in [2.24, 2.45) is 7.05 Å². The van der Waals surface area contributed by atoms with Gasteiger partial charge in [-0.05, 0) is 36.4 Å². The van der Waals surface area contributed by atoms with E-state index in [0.717, 1.165) is 21.8 Å². The fourth-order valence-corrected chi connectivity index (χ4v) is 3.58. The molecule has 4 nitrogen and oxygen atoms in total. The van der Waals surface area contributed by atoms with Gasteiger partial charge in [0.15, 0.2) is 0 Å². The molecule has 0 aliphatic heterocycles. The third-order valence-electron chi connectivity index (χ3n) is 3.87. The van der Waals surface area contributed by atoms with Crippen molar-refractivity contribution in [3.63, 3.8) is 0 Å². The van der Waals surface area contributed by atoms with Crippen LogP contribution in [0.25, 0.3) is 33.3 Å². The van der Waals surface area contributed by atoms with Crippen LogP contribution in [0, 0.1) is 0 Å². The number of benzene rings is 1. The number of aryl methyl sites for hydroxylation is 1. The van der Waals surface area contributed by atoms with Crippen LogP contribution in [0.4, 0.5) is 0 Å². The van der Waals surface area contributed by atoms with Crippen LogP contribution in [0.15, 0.2) is 42.9 Å². The summed E-state index contributed by atoms with van der Waals surface area (Å²) in [5.74, 6) is 0.808. The predicted octanol–water partition coefficient (Wildman–Crippen LogP) is 4.36. The highest BCUT2D eigenvalue weighted by molar-refractivity contribution is 7.19. The van der Waals surface area contributed by atoms with Gasteiger partial charge in [0, 0.05) is 36.6 Å². The first-order valence-corrected chi connectivity index (χ1v) is 8.08. The summed E-state index contributed by atoms with van der Waals surface area (Å²) in [7, 11) is 3.71. The van der Waals surface area contributed by atoms with Crippen molar-refractivity contribution >= 4 is 44.6 Å². The van der Waals surface area contributed by atoms with Crippen LogP contribution in [0.3, 0.4) is 0 Å². The second-order valence-electron chi connectivity index (χ2n) is 5.27. The van der Waals surface area contributed by atoms with E-state index in [4.69, 9.17) is 9.72 Å². The standard InChI is InChI=1S/C18H15N3OS/c1-21-10-8-13-14(21)4-5-16-18(13)20-17(23-16)6-3-12-11-19-9-7-15(12)22-2/h3-11H,1-2H3. The van der Waals surface area contributed by atoms with Gasteiger partial charge in [-0.3, -0.25) is 4.98 Å². The summed E-state index contributed by atoms with van der Waals surface area (Å²) in [4.78, 5) is 8.92. The fourth-order valence-electron chi connectivity index (χ4n) is 2.70. The maximum absolute atomic E-state index is 5.34. The number of methoxy groups -OCH3 is 1. The maximum Gasteiger partial charge on any atom is 0.129 e. The molecule has 0 aliphatic carbocycles. The normalized spacial score (nSPS) is 11.7. The molecule has 4 rings (SSSR count). The molecule has 0 atom stereocenters. The Morgan fingerprint density at radius 3 is 2.96 bits per heavy atom. The highest BCUT2D eigenvalue weighted by atomic mass is 32.1. The van der Waals surface area contributed by atoms with Crippen molar-refractivity contribution in [2.75, 3.05) is 7.11 Å². The zero-order valence-corrected chi connectivity index (χ0v) is 13.7. The van der Waals surface area contributed by atoms with Gasteiger partial charge in [-0.2, -0.15) is 0 Å². The summed E-state index contributed by atoms with van der Waals surface area (Å²) in [6.45, 7) is 0. The smallest absolute Gasteiger partial charge is 0.129 e. The molecule has 114 valence electrons. The van der Waals surface area contributed by atoms with Gasteiger partial charge in [-0.25, -0.2) is 4.98 Å². The Morgan fingerprint density at radius 2 is 2.09 bits per heavy atom. The molecule has 0 N–H and O–H groups in total. The third kappa shape index (κ3) is 2.39. The van der Waals surface area contributed by atoms with E-state index in [-0.39, 0.29) is 0 Å². The number of rotatable bonds is 3. The molecule has 0 amide bonds. The molecule has 23 heavy (non-hydrogen) atoms. The van der Waals surface area contributed by atoms with Crippen LogP contribution in [0.2, 0.25) is 0 Å². The van der Waals surface area contributed by atoms with Crippen LogP contribution in [-0.2, 0) is 7.05 Å². The van der Waals surface area contributed by atoms with Gasteiger partial charge in [0.2, 0.25) is 0 Å². The van der Waals surface area contributed by atoms with Crippen molar-refractivity contribution in [2.45, 2.75) is 0 Å². The molecule has 4 aromatic rings. The molecule has 0 radical (unpaired) electrons. The first-order valence-electron chi connectivity index (χ1n) is 7.27. The van der Waals surface area contributed by atoms with Crippen LogP contribution in [0.1, 0.15) is 10.6 Å². The van der Waals surface area contributed by atoms with E-state index in [9.17, 15) is 0 Å². The van der Waals surface area contributed by atoms with E-state index >= 15 is 0 Å². The second-order valence-corrected chi connectivity index (χ2v) is 6.34. The highest BCUT2D eigenvalue weighted by Crippen LogP contribution is 2.30. The van der Waals surface area contributed by atoms with E-state index in [1.165, 1.54) is 15.6 Å². The molecule has 0 spiro atoms. The lowest BCUT2D eigenvalue weighted by atomic mass is 10.2. The number of ether oxygens (including phenoxy) is 1. The number of thiazole rings is 1. The van der Waals surface area contributed by atoms with Gasteiger partial charge in [0.05, 0.1) is 22.8 Å². The molecular formula is C18H15N3OS. The van der Waals surface area contributed by atoms with E-state index in [1.54, 1.807) is 30.8 Å². The average Bonchev–Trinajstić information content (AvgIpc) is 3.16. The molecule has 3 aromatic heterocycles. The predicted molar refractivity (Wildman–Crippen MR) is 95.8 cm³/mol. The first kappa shape index (κ1) is 14.0. The van der Waals surface area contributed by atoms with Crippen molar-refractivity contribution < 1.29 is 4.74 Å². The lowest BCUT2D eigenvalue weighted by molar-refractivity contribution is 0.413. The highest BCUT2D eigenvalue weighted by Gasteiger charge is 2.08. The lowest BCUT2D eigenvalue weighted by Gasteiger charge is -2.01. The minimum atomic E-state index is 0.808. The lowest BCUT2D eigenvalue weighted by Crippen LogP contribution is -1.87. The molecule has 0 aliphatic rings. The SMILES string of the molecule is COc1ccncc1C=Cc1nc2c(ccc3c2ccn3C)s1. The number of aromatic nitrogens is 3. The van der Waals surface area contributed by atoms with Crippen LogP contribution in [0.5, 0.6) is 5.75 Å². The molecule has 0 bridgehead atoms. The molecule has 5 heteroatoms. The quantitative estimate of drug-likeness (QED) is 0.563. The van der Waals surface area contributed by atoms with E-state index < -0.39 is 0 Å². The van der Waals surface area contributed by atoms with Gasteiger partial charge in [-0.1, -0.05) is 0 Å². The van der Waals surface area contributed by atoms with Gasteiger partial charge >= 0.3 is 0 Å².